The summed E-state index contributed by atoms with van der Waals surface area (Å²) in [6.07, 6.45) is 0.720. The summed E-state index contributed by atoms with van der Waals surface area (Å²) in [4.78, 5) is 28.8. The van der Waals surface area contributed by atoms with Crippen LogP contribution in [0.4, 0.5) is 5.69 Å². The number of halogens is 1. The van der Waals surface area contributed by atoms with Crippen LogP contribution in [0.3, 0.4) is 0 Å². The summed E-state index contributed by atoms with van der Waals surface area (Å²) in [5.41, 5.74) is 1.80. The number of carbonyl (C=O) groups is 2. The lowest BCUT2D eigenvalue weighted by atomic mass is 10.1. The topological polar surface area (TPSA) is 105 Å². The second-order valence-corrected chi connectivity index (χ2v) is 12.8. The maximum atomic E-state index is 14.1. The van der Waals surface area contributed by atoms with E-state index in [0.717, 1.165) is 26.3 Å². The second kappa shape index (κ2) is 14.6. The van der Waals surface area contributed by atoms with Crippen LogP contribution < -0.4 is 19.1 Å². The van der Waals surface area contributed by atoms with Crippen LogP contribution in [0.15, 0.2) is 76.1 Å². The number of hydrogen-bond donors (Lipinski definition) is 1. The van der Waals surface area contributed by atoms with Crippen LogP contribution in [0.1, 0.15) is 38.3 Å². The highest BCUT2D eigenvalue weighted by atomic mass is 79.9. The van der Waals surface area contributed by atoms with E-state index in [4.69, 9.17) is 9.47 Å². The van der Waals surface area contributed by atoms with Crippen molar-refractivity contribution in [3.8, 4) is 11.5 Å². The molecule has 0 radical (unpaired) electrons. The Morgan fingerprint density at radius 1 is 0.952 bits per heavy atom. The van der Waals surface area contributed by atoms with Crippen LogP contribution in [0.2, 0.25) is 0 Å². The molecule has 0 aliphatic carbocycles. The van der Waals surface area contributed by atoms with Gasteiger partial charge in [0.25, 0.3) is 10.0 Å². The molecule has 0 fully saturated rings. The number of ether oxygens (including phenoxy) is 2. The number of nitrogens with zero attached hydrogens (tertiary/aromatic N) is 2. The molecule has 11 heteroatoms. The predicted octanol–water partition coefficient (Wildman–Crippen LogP) is 5.30. The van der Waals surface area contributed by atoms with Crippen molar-refractivity contribution in [2.45, 2.75) is 57.6 Å². The Morgan fingerprint density at radius 3 is 2.17 bits per heavy atom. The predicted molar refractivity (Wildman–Crippen MR) is 167 cm³/mol. The second-order valence-electron chi connectivity index (χ2n) is 10.0. The molecule has 0 saturated heterocycles. The van der Waals surface area contributed by atoms with Crippen LogP contribution in [-0.2, 0) is 26.2 Å². The molecule has 0 aliphatic rings. The molecule has 0 unspecified atom stereocenters. The Kier molecular flexibility index (Phi) is 11.4. The van der Waals surface area contributed by atoms with Crippen LogP contribution in [0, 0.1) is 6.92 Å². The zero-order valence-corrected chi connectivity index (χ0v) is 27.2. The van der Waals surface area contributed by atoms with E-state index in [0.29, 0.717) is 5.75 Å². The van der Waals surface area contributed by atoms with Gasteiger partial charge in [0.05, 0.1) is 24.8 Å². The van der Waals surface area contributed by atoms with Crippen molar-refractivity contribution < 1.29 is 27.5 Å². The van der Waals surface area contributed by atoms with Crippen molar-refractivity contribution in [2.75, 3.05) is 25.1 Å². The van der Waals surface area contributed by atoms with Gasteiger partial charge in [0, 0.05) is 23.1 Å². The minimum Gasteiger partial charge on any atom is -0.497 e. The lowest BCUT2D eigenvalue weighted by Crippen LogP contribution is -2.52. The average molecular weight is 661 g/mol. The Bertz CT molecular complexity index is 1480. The van der Waals surface area contributed by atoms with E-state index in [1.54, 1.807) is 31.2 Å². The van der Waals surface area contributed by atoms with E-state index in [2.05, 4.69) is 21.2 Å². The molecule has 3 rings (SSSR count). The van der Waals surface area contributed by atoms with Gasteiger partial charge in [0.1, 0.15) is 24.1 Å². The smallest absolute Gasteiger partial charge is 0.264 e. The maximum absolute atomic E-state index is 14.1. The fourth-order valence-electron chi connectivity index (χ4n) is 4.18. The van der Waals surface area contributed by atoms with Gasteiger partial charge in [-0.05, 0) is 69.2 Å². The fraction of sp³-hybridized carbons (Fsp3) is 0.355. The summed E-state index contributed by atoms with van der Waals surface area (Å²) in [5, 5.41) is 2.93. The molecule has 0 aliphatic heterocycles. The third-order valence-corrected chi connectivity index (χ3v) is 9.28. The standard InChI is InChI=1S/C31H38BrN3O6S/c1-7-22(3)33-31(37)23(4)34(19-24-10-12-25(32)13-11-24)30(36)20-35(28-18-26(40-5)14-17-29(28)41-6)42(38,39)27-15-8-21(2)9-16-27/h8-18,22-23H,7,19-20H2,1-6H3,(H,33,37)/t22-,23+/m1/s1. The van der Waals surface area contributed by atoms with Crippen molar-refractivity contribution >= 4 is 43.5 Å². The molecule has 2 atom stereocenters. The van der Waals surface area contributed by atoms with Gasteiger partial charge >= 0.3 is 0 Å². The first-order valence-electron chi connectivity index (χ1n) is 13.6. The summed E-state index contributed by atoms with van der Waals surface area (Å²) in [6, 6.07) is 17.5. The third-order valence-electron chi connectivity index (χ3n) is 6.98. The lowest BCUT2D eigenvalue weighted by molar-refractivity contribution is -0.139. The van der Waals surface area contributed by atoms with Gasteiger partial charge in [0.2, 0.25) is 11.8 Å². The van der Waals surface area contributed by atoms with Gasteiger partial charge in [-0.1, -0.05) is 52.7 Å². The molecular formula is C31H38BrN3O6S. The molecule has 0 bridgehead atoms. The maximum Gasteiger partial charge on any atom is 0.264 e. The molecule has 1 N–H and O–H groups in total. The molecule has 0 saturated carbocycles. The normalized spacial score (nSPS) is 12.6. The van der Waals surface area contributed by atoms with Gasteiger partial charge in [-0.3, -0.25) is 13.9 Å². The largest absolute Gasteiger partial charge is 0.497 e. The number of hydrogen-bond acceptors (Lipinski definition) is 6. The molecular weight excluding hydrogens is 622 g/mol. The SMILES string of the molecule is CC[C@@H](C)NC(=O)[C@H](C)N(Cc1ccc(Br)cc1)C(=O)CN(c1cc(OC)ccc1OC)S(=O)(=O)c1ccc(C)cc1. The number of anilines is 1. The molecule has 3 aromatic rings. The Balaban J connectivity index is 2.11. The van der Waals surface area contributed by atoms with Crippen LogP contribution in [0.5, 0.6) is 11.5 Å². The first kappa shape index (κ1) is 32.9. The van der Waals surface area contributed by atoms with E-state index in [-0.39, 0.29) is 34.8 Å². The number of amides is 2. The monoisotopic (exact) mass is 659 g/mol. The van der Waals surface area contributed by atoms with Gasteiger partial charge < -0.3 is 19.7 Å². The highest BCUT2D eigenvalue weighted by Crippen LogP contribution is 2.36. The van der Waals surface area contributed by atoms with E-state index >= 15 is 0 Å². The van der Waals surface area contributed by atoms with Gasteiger partial charge in [-0.2, -0.15) is 0 Å². The molecule has 42 heavy (non-hydrogen) atoms. The fourth-order valence-corrected chi connectivity index (χ4v) is 5.86. The number of aryl methyl sites for hydroxylation is 1. The van der Waals surface area contributed by atoms with E-state index < -0.39 is 28.5 Å². The van der Waals surface area contributed by atoms with Crippen LogP contribution in [-0.4, -0.2) is 58.0 Å². The summed E-state index contributed by atoms with van der Waals surface area (Å²) in [7, 11) is -1.37. The van der Waals surface area contributed by atoms with E-state index in [9.17, 15) is 18.0 Å². The number of sulfonamides is 1. The van der Waals surface area contributed by atoms with Crippen molar-refractivity contribution in [1.29, 1.82) is 0 Å². The zero-order chi connectivity index (χ0) is 31.0. The Labute approximate surface area is 257 Å². The number of methoxy groups -OCH3 is 2. The third kappa shape index (κ3) is 8.04. The van der Waals surface area contributed by atoms with Crippen molar-refractivity contribution in [1.82, 2.24) is 10.2 Å². The molecule has 3 aromatic carbocycles. The highest BCUT2D eigenvalue weighted by Gasteiger charge is 2.34. The van der Waals surface area contributed by atoms with Gasteiger partial charge in [-0.15, -0.1) is 0 Å². The van der Waals surface area contributed by atoms with Crippen LogP contribution >= 0.6 is 15.9 Å². The minimum atomic E-state index is -4.26. The lowest BCUT2D eigenvalue weighted by Gasteiger charge is -2.33. The zero-order valence-electron chi connectivity index (χ0n) is 24.8. The molecule has 0 heterocycles. The molecule has 9 nitrogen and oxygen atoms in total. The van der Waals surface area contributed by atoms with Crippen LogP contribution in [0.25, 0.3) is 0 Å². The summed E-state index contributed by atoms with van der Waals surface area (Å²) < 4.78 is 41.0. The first-order chi connectivity index (χ1) is 19.9. The Morgan fingerprint density at radius 2 is 1.60 bits per heavy atom. The van der Waals surface area contributed by atoms with Crippen molar-refractivity contribution in [2.24, 2.45) is 0 Å². The number of carbonyl (C=O) groups excluding carboxylic acids is 2. The van der Waals surface area contributed by atoms with Gasteiger partial charge in [0.15, 0.2) is 0 Å². The number of benzene rings is 3. The Hall–Kier alpha value is -3.57. The molecule has 2 amide bonds. The number of rotatable bonds is 13. The minimum absolute atomic E-state index is 0.00722. The van der Waals surface area contributed by atoms with Crippen molar-refractivity contribution in [3.63, 3.8) is 0 Å². The molecule has 226 valence electrons. The molecule has 0 aromatic heterocycles. The van der Waals surface area contributed by atoms with E-state index in [1.165, 1.54) is 37.3 Å². The quantitative estimate of drug-likeness (QED) is 0.267. The van der Waals surface area contributed by atoms with Crippen molar-refractivity contribution in [3.05, 3.63) is 82.3 Å². The molecule has 0 spiro atoms. The summed E-state index contributed by atoms with van der Waals surface area (Å²) in [6.45, 7) is 6.84. The average Bonchev–Trinajstić information content (AvgIpc) is 2.98. The highest BCUT2D eigenvalue weighted by molar-refractivity contribution is 9.10. The summed E-state index contributed by atoms with van der Waals surface area (Å²) >= 11 is 3.42. The van der Waals surface area contributed by atoms with Gasteiger partial charge in [-0.25, -0.2) is 8.42 Å². The number of nitrogens with one attached hydrogen (secondary N) is 1. The first-order valence-corrected chi connectivity index (χ1v) is 15.8. The van der Waals surface area contributed by atoms with E-state index in [1.807, 2.05) is 45.0 Å². The summed E-state index contributed by atoms with van der Waals surface area (Å²) in [5.74, 6) is -0.274.